The normalized spacial score (nSPS) is 10.2. The van der Waals surface area contributed by atoms with E-state index in [0.29, 0.717) is 29.2 Å². The fourth-order valence-corrected chi connectivity index (χ4v) is 2.72. The molecular formula is C22H21N3O3. The second-order valence-electron chi connectivity index (χ2n) is 6.19. The number of carbonyl (C=O) groups is 2. The van der Waals surface area contributed by atoms with Crippen molar-refractivity contribution in [2.45, 2.75) is 13.5 Å². The Kier molecular flexibility index (Phi) is 6.01. The van der Waals surface area contributed by atoms with Crippen molar-refractivity contribution in [3.8, 4) is 5.75 Å². The van der Waals surface area contributed by atoms with Gasteiger partial charge in [0.05, 0.1) is 7.11 Å². The summed E-state index contributed by atoms with van der Waals surface area (Å²) < 4.78 is 5.34. The van der Waals surface area contributed by atoms with Crippen molar-refractivity contribution in [2.75, 3.05) is 17.7 Å². The predicted octanol–water partition coefficient (Wildman–Crippen LogP) is 4.16. The molecule has 0 saturated heterocycles. The molecule has 0 aliphatic carbocycles. The number of methoxy groups -OCH3 is 1. The van der Waals surface area contributed by atoms with Crippen LogP contribution < -0.4 is 15.4 Å². The van der Waals surface area contributed by atoms with Gasteiger partial charge in [-0.05, 0) is 37.3 Å². The Balaban J connectivity index is 1.69. The average molecular weight is 375 g/mol. The second-order valence-corrected chi connectivity index (χ2v) is 6.19. The van der Waals surface area contributed by atoms with E-state index in [0.717, 1.165) is 11.3 Å². The largest absolute Gasteiger partial charge is 0.496 e. The lowest BCUT2D eigenvalue weighted by atomic mass is 10.1. The Morgan fingerprint density at radius 2 is 1.82 bits per heavy atom. The summed E-state index contributed by atoms with van der Waals surface area (Å²) in [6.07, 6.45) is 1.57. The number of aromatic nitrogens is 1. The quantitative estimate of drug-likeness (QED) is 0.606. The lowest BCUT2D eigenvalue weighted by Gasteiger charge is -2.11. The fraction of sp³-hybridized carbons (Fsp3) is 0.136. The molecule has 0 saturated carbocycles. The van der Waals surface area contributed by atoms with E-state index in [1.165, 1.54) is 6.92 Å². The highest BCUT2D eigenvalue weighted by molar-refractivity contribution is 6.05. The molecule has 142 valence electrons. The van der Waals surface area contributed by atoms with Crippen molar-refractivity contribution in [1.29, 1.82) is 0 Å². The molecule has 0 spiro atoms. The minimum Gasteiger partial charge on any atom is -0.496 e. The zero-order valence-corrected chi connectivity index (χ0v) is 15.7. The third-order valence-corrected chi connectivity index (χ3v) is 4.20. The number of benzene rings is 2. The van der Waals surface area contributed by atoms with Crippen LogP contribution in [0.2, 0.25) is 0 Å². The summed E-state index contributed by atoms with van der Waals surface area (Å²) in [5.41, 5.74) is 2.57. The third kappa shape index (κ3) is 4.73. The first-order valence-corrected chi connectivity index (χ1v) is 8.81. The number of amides is 1. The highest BCUT2D eigenvalue weighted by Crippen LogP contribution is 2.19. The van der Waals surface area contributed by atoms with E-state index in [-0.39, 0.29) is 11.7 Å². The summed E-state index contributed by atoms with van der Waals surface area (Å²) in [7, 11) is 1.63. The summed E-state index contributed by atoms with van der Waals surface area (Å²) in [6.45, 7) is 2.01. The topological polar surface area (TPSA) is 80.3 Å². The van der Waals surface area contributed by atoms with Gasteiger partial charge in [0, 0.05) is 35.1 Å². The van der Waals surface area contributed by atoms with Crippen LogP contribution in [-0.2, 0) is 6.54 Å². The highest BCUT2D eigenvalue weighted by atomic mass is 16.5. The van der Waals surface area contributed by atoms with Crippen LogP contribution in [0.1, 0.15) is 33.2 Å². The van der Waals surface area contributed by atoms with Gasteiger partial charge >= 0.3 is 0 Å². The lowest BCUT2D eigenvalue weighted by molar-refractivity contribution is 0.101. The van der Waals surface area contributed by atoms with Crippen LogP contribution in [0.25, 0.3) is 0 Å². The number of ether oxygens (including phenoxy) is 1. The van der Waals surface area contributed by atoms with E-state index in [2.05, 4.69) is 15.6 Å². The molecule has 2 N–H and O–H groups in total. The molecule has 2 aromatic carbocycles. The third-order valence-electron chi connectivity index (χ3n) is 4.20. The fourth-order valence-electron chi connectivity index (χ4n) is 2.72. The van der Waals surface area contributed by atoms with Crippen LogP contribution in [0.15, 0.2) is 66.9 Å². The van der Waals surface area contributed by atoms with Gasteiger partial charge in [0.25, 0.3) is 5.91 Å². The predicted molar refractivity (Wildman–Crippen MR) is 109 cm³/mol. The highest BCUT2D eigenvalue weighted by Gasteiger charge is 2.09. The standard InChI is InChI=1S/C22H21N3O3/c1-15(26)16-7-5-8-19(12-16)25-22(27)17-10-11-23-21(13-17)24-14-18-6-3-4-9-20(18)28-2/h3-13H,14H2,1-2H3,(H,23,24)(H,25,27). The van der Waals surface area contributed by atoms with Crippen LogP contribution in [0.5, 0.6) is 5.75 Å². The number of rotatable bonds is 7. The number of hydrogen-bond donors (Lipinski definition) is 2. The molecule has 6 nitrogen and oxygen atoms in total. The summed E-state index contributed by atoms with van der Waals surface area (Å²) in [5.74, 6) is 1.04. The molecule has 28 heavy (non-hydrogen) atoms. The molecule has 0 aliphatic heterocycles. The maximum atomic E-state index is 12.6. The monoisotopic (exact) mass is 375 g/mol. The minimum absolute atomic E-state index is 0.0529. The lowest BCUT2D eigenvalue weighted by Crippen LogP contribution is -2.13. The Bertz CT molecular complexity index is 1000. The Labute approximate surface area is 163 Å². The van der Waals surface area contributed by atoms with Crippen molar-refractivity contribution in [3.05, 3.63) is 83.6 Å². The van der Waals surface area contributed by atoms with Crippen molar-refractivity contribution >= 4 is 23.2 Å². The molecule has 1 amide bonds. The average Bonchev–Trinajstić information content (AvgIpc) is 2.72. The van der Waals surface area contributed by atoms with Gasteiger partial charge in [-0.15, -0.1) is 0 Å². The Morgan fingerprint density at radius 1 is 1.00 bits per heavy atom. The van der Waals surface area contributed by atoms with E-state index < -0.39 is 0 Å². The van der Waals surface area contributed by atoms with Gasteiger partial charge in [-0.3, -0.25) is 9.59 Å². The molecule has 0 fully saturated rings. The number of nitrogens with zero attached hydrogens (tertiary/aromatic N) is 1. The smallest absolute Gasteiger partial charge is 0.255 e. The van der Waals surface area contributed by atoms with Gasteiger partial charge < -0.3 is 15.4 Å². The van der Waals surface area contributed by atoms with Crippen molar-refractivity contribution in [3.63, 3.8) is 0 Å². The number of pyridine rings is 1. The second kappa shape index (κ2) is 8.81. The number of Topliss-reactive ketones (excluding diaryl/α,β-unsaturated/α-hetero) is 1. The molecule has 0 atom stereocenters. The summed E-state index contributed by atoms with van der Waals surface area (Å²) >= 11 is 0. The molecule has 3 aromatic rings. The van der Waals surface area contributed by atoms with Gasteiger partial charge in [0.15, 0.2) is 5.78 Å². The zero-order chi connectivity index (χ0) is 19.9. The van der Waals surface area contributed by atoms with E-state index in [9.17, 15) is 9.59 Å². The maximum absolute atomic E-state index is 12.6. The van der Waals surface area contributed by atoms with Gasteiger partial charge in [0.1, 0.15) is 11.6 Å². The number of anilines is 2. The molecule has 0 aliphatic rings. The molecule has 6 heteroatoms. The van der Waals surface area contributed by atoms with E-state index in [1.54, 1.807) is 49.7 Å². The number of nitrogens with one attached hydrogen (secondary N) is 2. The van der Waals surface area contributed by atoms with Crippen LogP contribution >= 0.6 is 0 Å². The SMILES string of the molecule is COc1ccccc1CNc1cc(C(=O)Nc2cccc(C(C)=O)c2)ccn1. The molecule has 1 heterocycles. The minimum atomic E-state index is -0.275. The van der Waals surface area contributed by atoms with E-state index in [4.69, 9.17) is 4.74 Å². The van der Waals surface area contributed by atoms with Crippen LogP contribution in [0, 0.1) is 0 Å². The molecule has 3 rings (SSSR count). The van der Waals surface area contributed by atoms with Gasteiger partial charge in [-0.1, -0.05) is 30.3 Å². The molecule has 0 radical (unpaired) electrons. The van der Waals surface area contributed by atoms with Crippen LogP contribution in [0.3, 0.4) is 0 Å². The van der Waals surface area contributed by atoms with Gasteiger partial charge in [0.2, 0.25) is 0 Å². The van der Waals surface area contributed by atoms with Crippen LogP contribution in [-0.4, -0.2) is 23.8 Å². The maximum Gasteiger partial charge on any atom is 0.255 e. The zero-order valence-electron chi connectivity index (χ0n) is 15.7. The molecular weight excluding hydrogens is 354 g/mol. The Hall–Kier alpha value is -3.67. The summed E-state index contributed by atoms with van der Waals surface area (Å²) in [5, 5.41) is 6.01. The number of hydrogen-bond acceptors (Lipinski definition) is 5. The van der Waals surface area contributed by atoms with Crippen molar-refractivity contribution in [1.82, 2.24) is 4.98 Å². The first-order valence-electron chi connectivity index (χ1n) is 8.81. The summed E-state index contributed by atoms with van der Waals surface area (Å²) in [6, 6.07) is 17.9. The van der Waals surface area contributed by atoms with Crippen molar-refractivity contribution in [2.24, 2.45) is 0 Å². The van der Waals surface area contributed by atoms with Crippen molar-refractivity contribution < 1.29 is 14.3 Å². The van der Waals surface area contributed by atoms with Gasteiger partial charge in [-0.25, -0.2) is 4.98 Å². The first-order chi connectivity index (χ1) is 13.6. The van der Waals surface area contributed by atoms with E-state index in [1.807, 2.05) is 24.3 Å². The number of para-hydroxylation sites is 1. The first kappa shape index (κ1) is 19.1. The Morgan fingerprint density at radius 3 is 2.61 bits per heavy atom. The number of carbonyl (C=O) groups excluding carboxylic acids is 2. The van der Waals surface area contributed by atoms with Crippen LogP contribution in [0.4, 0.5) is 11.5 Å². The van der Waals surface area contributed by atoms with E-state index >= 15 is 0 Å². The molecule has 0 unspecified atom stereocenters. The molecule has 0 bridgehead atoms. The number of ketones is 1. The molecule has 1 aromatic heterocycles. The summed E-state index contributed by atoms with van der Waals surface area (Å²) in [4.78, 5) is 28.3. The van der Waals surface area contributed by atoms with Gasteiger partial charge in [-0.2, -0.15) is 0 Å².